The van der Waals surface area contributed by atoms with E-state index >= 15 is 0 Å². The minimum Gasteiger partial charge on any atom is -0.340 e. The molecule has 2 N–H and O–H groups in total. The lowest BCUT2D eigenvalue weighted by molar-refractivity contribution is -0.127. The minimum absolute atomic E-state index is 0.153. The van der Waals surface area contributed by atoms with Crippen LogP contribution in [-0.4, -0.2) is 23.9 Å². The highest BCUT2D eigenvalue weighted by Gasteiger charge is 2.38. The number of rotatable bonds is 10. The fourth-order valence-electron chi connectivity index (χ4n) is 3.63. The van der Waals surface area contributed by atoms with Gasteiger partial charge in [0.2, 0.25) is 11.8 Å². The zero-order valence-corrected chi connectivity index (χ0v) is 15.4. The van der Waals surface area contributed by atoms with E-state index in [1.54, 1.807) is 0 Å². The molecule has 2 atom stereocenters. The Balaban J connectivity index is 2.65. The predicted octanol–water partition coefficient (Wildman–Crippen LogP) is 2.94. The summed E-state index contributed by atoms with van der Waals surface area (Å²) < 4.78 is 0. The first-order chi connectivity index (χ1) is 12.0. The summed E-state index contributed by atoms with van der Waals surface area (Å²) in [5.74, 6) is -0.305. The molecular weight excluding hydrogens is 316 g/mol. The van der Waals surface area contributed by atoms with E-state index in [2.05, 4.69) is 22.8 Å². The van der Waals surface area contributed by atoms with E-state index in [0.29, 0.717) is 12.8 Å². The van der Waals surface area contributed by atoms with Gasteiger partial charge in [0.1, 0.15) is 12.1 Å². The molecular formula is C19H30N4O2. The van der Waals surface area contributed by atoms with Crippen LogP contribution in [-0.2, 0) is 9.59 Å². The van der Waals surface area contributed by atoms with Gasteiger partial charge in [0, 0.05) is 12.8 Å². The SMILES string of the molecule is CCCC(C#N)NC(=O)CC1(CC(=O)NC(C#N)CCC)CCCC1. The Hall–Kier alpha value is -2.08. The molecule has 1 saturated carbocycles. The third-order valence-corrected chi connectivity index (χ3v) is 4.87. The Morgan fingerprint density at radius 1 is 0.920 bits per heavy atom. The quantitative estimate of drug-likeness (QED) is 0.634. The highest BCUT2D eigenvalue weighted by Crippen LogP contribution is 2.44. The maximum absolute atomic E-state index is 12.4. The van der Waals surface area contributed by atoms with Gasteiger partial charge in [0.15, 0.2) is 0 Å². The molecule has 0 aromatic rings. The van der Waals surface area contributed by atoms with Crippen LogP contribution in [0, 0.1) is 28.1 Å². The standard InChI is InChI=1S/C19H30N4O2/c1-3-7-15(13-20)22-17(24)11-19(9-5-6-10-19)12-18(25)23-16(14-21)8-4-2/h15-16H,3-12H2,1-2H3,(H,22,24)(H,23,25). The Morgan fingerprint density at radius 2 is 1.32 bits per heavy atom. The van der Waals surface area contributed by atoms with Crippen molar-refractivity contribution in [2.45, 2.75) is 90.1 Å². The van der Waals surface area contributed by atoms with E-state index in [4.69, 9.17) is 10.5 Å². The largest absolute Gasteiger partial charge is 0.340 e. The van der Waals surface area contributed by atoms with Crippen LogP contribution in [0.1, 0.15) is 78.1 Å². The fourth-order valence-corrected chi connectivity index (χ4v) is 3.63. The summed E-state index contributed by atoms with van der Waals surface area (Å²) >= 11 is 0. The zero-order chi connectivity index (χ0) is 18.7. The molecule has 0 saturated heterocycles. The Morgan fingerprint density at radius 3 is 1.64 bits per heavy atom. The van der Waals surface area contributed by atoms with Gasteiger partial charge in [0.05, 0.1) is 12.1 Å². The lowest BCUT2D eigenvalue weighted by Crippen LogP contribution is -2.40. The molecule has 0 spiro atoms. The van der Waals surface area contributed by atoms with Crippen LogP contribution in [0.2, 0.25) is 0 Å². The third-order valence-electron chi connectivity index (χ3n) is 4.87. The molecule has 1 fully saturated rings. The van der Waals surface area contributed by atoms with Gasteiger partial charge in [-0.1, -0.05) is 39.5 Å². The lowest BCUT2D eigenvalue weighted by Gasteiger charge is -2.28. The van der Waals surface area contributed by atoms with Crippen molar-refractivity contribution in [3.63, 3.8) is 0 Å². The molecule has 138 valence electrons. The summed E-state index contributed by atoms with van der Waals surface area (Å²) in [4.78, 5) is 24.7. The number of nitrogens with one attached hydrogen (secondary N) is 2. The molecule has 6 nitrogen and oxygen atoms in total. The van der Waals surface area contributed by atoms with E-state index in [9.17, 15) is 9.59 Å². The average molecular weight is 346 g/mol. The van der Waals surface area contributed by atoms with Gasteiger partial charge in [-0.25, -0.2) is 0 Å². The third kappa shape index (κ3) is 7.13. The first-order valence-electron chi connectivity index (χ1n) is 9.36. The fraction of sp³-hybridized carbons (Fsp3) is 0.789. The van der Waals surface area contributed by atoms with Crippen molar-refractivity contribution < 1.29 is 9.59 Å². The summed E-state index contributed by atoms with van der Waals surface area (Å²) in [6, 6.07) is 3.30. The molecule has 0 bridgehead atoms. The van der Waals surface area contributed by atoms with Crippen LogP contribution < -0.4 is 10.6 Å². The van der Waals surface area contributed by atoms with Gasteiger partial charge in [-0.15, -0.1) is 0 Å². The van der Waals surface area contributed by atoms with Crippen LogP contribution in [0.5, 0.6) is 0 Å². The minimum atomic E-state index is -0.461. The highest BCUT2D eigenvalue weighted by atomic mass is 16.2. The summed E-state index contributed by atoms with van der Waals surface area (Å²) in [7, 11) is 0. The summed E-state index contributed by atoms with van der Waals surface area (Å²) in [6.07, 6.45) is 7.17. The number of nitrogens with zero attached hydrogens (tertiary/aromatic N) is 2. The Labute approximate surface area is 151 Å². The number of nitriles is 2. The van der Waals surface area contributed by atoms with Crippen LogP contribution >= 0.6 is 0 Å². The zero-order valence-electron chi connectivity index (χ0n) is 15.4. The second-order valence-electron chi connectivity index (χ2n) is 7.14. The summed E-state index contributed by atoms with van der Waals surface area (Å²) in [5.41, 5.74) is -0.341. The monoisotopic (exact) mass is 346 g/mol. The molecule has 0 aromatic carbocycles. The molecule has 6 heteroatoms. The van der Waals surface area contributed by atoms with Crippen molar-refractivity contribution in [2.24, 2.45) is 5.41 Å². The van der Waals surface area contributed by atoms with Gasteiger partial charge >= 0.3 is 0 Å². The second-order valence-corrected chi connectivity index (χ2v) is 7.14. The maximum Gasteiger partial charge on any atom is 0.221 e. The van der Waals surface area contributed by atoms with Gasteiger partial charge in [0.25, 0.3) is 0 Å². The molecule has 1 rings (SSSR count). The number of hydrogen-bond donors (Lipinski definition) is 2. The first kappa shape index (κ1) is 21.0. The van der Waals surface area contributed by atoms with E-state index < -0.39 is 12.1 Å². The second kappa shape index (κ2) is 10.7. The van der Waals surface area contributed by atoms with Gasteiger partial charge in [-0.3, -0.25) is 9.59 Å². The van der Waals surface area contributed by atoms with Crippen molar-refractivity contribution in [1.82, 2.24) is 10.6 Å². The van der Waals surface area contributed by atoms with Gasteiger partial charge in [-0.2, -0.15) is 10.5 Å². The number of hydrogen-bond acceptors (Lipinski definition) is 4. The average Bonchev–Trinajstić information content (AvgIpc) is 3.01. The molecule has 2 unspecified atom stereocenters. The molecule has 2 amide bonds. The van der Waals surface area contributed by atoms with Gasteiger partial charge in [-0.05, 0) is 31.1 Å². The molecule has 0 heterocycles. The van der Waals surface area contributed by atoms with Crippen molar-refractivity contribution in [1.29, 1.82) is 10.5 Å². The van der Waals surface area contributed by atoms with Crippen LogP contribution in [0.25, 0.3) is 0 Å². The Bertz CT molecular complexity index is 485. The van der Waals surface area contributed by atoms with E-state index in [0.717, 1.165) is 38.5 Å². The molecule has 25 heavy (non-hydrogen) atoms. The maximum atomic E-state index is 12.4. The number of carbonyl (C=O) groups excluding carboxylic acids is 2. The van der Waals surface area contributed by atoms with Crippen LogP contribution in [0.3, 0.4) is 0 Å². The normalized spacial score (nSPS) is 17.8. The van der Waals surface area contributed by atoms with Crippen molar-refractivity contribution in [3.8, 4) is 12.1 Å². The molecule has 0 aromatic heterocycles. The van der Waals surface area contributed by atoms with Crippen LogP contribution in [0.15, 0.2) is 0 Å². The smallest absolute Gasteiger partial charge is 0.221 e. The lowest BCUT2D eigenvalue weighted by atomic mass is 9.78. The molecule has 1 aliphatic carbocycles. The van der Waals surface area contributed by atoms with Crippen LogP contribution in [0.4, 0.5) is 0 Å². The summed E-state index contributed by atoms with van der Waals surface area (Å²) in [6.45, 7) is 3.95. The predicted molar refractivity (Wildman–Crippen MR) is 95.0 cm³/mol. The summed E-state index contributed by atoms with van der Waals surface area (Å²) in [5, 5.41) is 23.7. The molecule has 0 radical (unpaired) electrons. The van der Waals surface area contributed by atoms with Crippen molar-refractivity contribution in [2.75, 3.05) is 0 Å². The molecule has 1 aliphatic rings. The highest BCUT2D eigenvalue weighted by molar-refractivity contribution is 5.81. The number of amides is 2. The Kier molecular flexibility index (Phi) is 8.99. The topological polar surface area (TPSA) is 106 Å². The van der Waals surface area contributed by atoms with Gasteiger partial charge < -0.3 is 10.6 Å². The van der Waals surface area contributed by atoms with Crippen molar-refractivity contribution >= 4 is 11.8 Å². The van der Waals surface area contributed by atoms with Crippen molar-refractivity contribution in [3.05, 3.63) is 0 Å². The van der Waals surface area contributed by atoms with E-state index in [-0.39, 0.29) is 30.1 Å². The van der Waals surface area contributed by atoms with E-state index in [1.165, 1.54) is 0 Å². The first-order valence-corrected chi connectivity index (χ1v) is 9.36. The number of carbonyl (C=O) groups is 2. The van der Waals surface area contributed by atoms with E-state index in [1.807, 2.05) is 13.8 Å². The molecule has 0 aliphatic heterocycles.